The predicted molar refractivity (Wildman–Crippen MR) is 52.0 cm³/mol. The van der Waals surface area contributed by atoms with Crippen LogP contribution in [0, 0.1) is 5.41 Å². The number of rotatable bonds is 1. The molecule has 76 valence electrons. The zero-order valence-electron chi connectivity index (χ0n) is 8.58. The fraction of sp³-hybridized carbons (Fsp3) is 0.889. The van der Waals surface area contributed by atoms with E-state index in [2.05, 4.69) is 0 Å². The Morgan fingerprint density at radius 2 is 1.92 bits per heavy atom. The Morgan fingerprint density at radius 1 is 1.46 bits per heavy atom. The van der Waals surface area contributed by atoms with Crippen LogP contribution in [0.25, 0.3) is 0 Å². The van der Waals surface area contributed by atoms with Crippen molar-refractivity contribution in [1.29, 1.82) is 0 Å². The number of hydrogen-bond acceptors (Lipinski definition) is 3. The zero-order valence-corrected chi connectivity index (χ0v) is 8.58. The number of carbonyl (C=O) groups is 1. The number of likely N-dealkylation sites (tertiary alicyclic amines) is 1. The van der Waals surface area contributed by atoms with E-state index in [1.54, 1.807) is 4.90 Å². The van der Waals surface area contributed by atoms with Crippen LogP contribution in [0.5, 0.6) is 0 Å². The molecule has 1 fully saturated rings. The Hall–Kier alpha value is -0.610. The molecular formula is C9H19N3O. The van der Waals surface area contributed by atoms with Gasteiger partial charge < -0.3 is 16.4 Å². The molecule has 1 saturated heterocycles. The van der Waals surface area contributed by atoms with E-state index in [0.717, 1.165) is 0 Å². The molecular weight excluding hydrogens is 166 g/mol. The number of nitrogens with zero attached hydrogens (tertiary/aromatic N) is 1. The first-order valence-electron chi connectivity index (χ1n) is 4.62. The van der Waals surface area contributed by atoms with Gasteiger partial charge in [-0.3, -0.25) is 4.79 Å². The maximum absolute atomic E-state index is 11.7. The molecule has 0 aliphatic carbocycles. The summed E-state index contributed by atoms with van der Waals surface area (Å²) in [5.74, 6) is 0.0224. The summed E-state index contributed by atoms with van der Waals surface area (Å²) >= 11 is 0. The fourth-order valence-corrected chi connectivity index (χ4v) is 1.26. The Kier molecular flexibility index (Phi) is 2.63. The zero-order chi connectivity index (χ0) is 10.2. The Bertz CT molecular complexity index is 203. The van der Waals surface area contributed by atoms with E-state index in [1.807, 2.05) is 20.8 Å². The standard InChI is InChI=1S/C9H19N3O/c1-9(2,3)7(11)8(13)12-4-6(10)5-12/h6-7H,4-5,10-11H2,1-3H3/t7-/m0/s1. The summed E-state index contributed by atoms with van der Waals surface area (Å²) in [5.41, 5.74) is 11.2. The smallest absolute Gasteiger partial charge is 0.240 e. The third-order valence-electron chi connectivity index (χ3n) is 2.42. The minimum absolute atomic E-state index is 0.0224. The van der Waals surface area contributed by atoms with E-state index in [0.29, 0.717) is 13.1 Å². The van der Waals surface area contributed by atoms with Crippen molar-refractivity contribution in [3.05, 3.63) is 0 Å². The van der Waals surface area contributed by atoms with E-state index in [-0.39, 0.29) is 17.4 Å². The highest BCUT2D eigenvalue weighted by Gasteiger charge is 2.35. The highest BCUT2D eigenvalue weighted by molar-refractivity contribution is 5.83. The highest BCUT2D eigenvalue weighted by Crippen LogP contribution is 2.20. The second-order valence-electron chi connectivity index (χ2n) is 4.85. The normalized spacial score (nSPS) is 21.2. The lowest BCUT2D eigenvalue weighted by molar-refractivity contribution is -0.139. The number of nitrogens with two attached hydrogens (primary N) is 2. The molecule has 4 N–H and O–H groups in total. The Balaban J connectivity index is 2.49. The topological polar surface area (TPSA) is 72.4 Å². The van der Waals surface area contributed by atoms with Gasteiger partial charge in [-0.2, -0.15) is 0 Å². The van der Waals surface area contributed by atoms with Gasteiger partial charge in [-0.1, -0.05) is 20.8 Å². The van der Waals surface area contributed by atoms with Crippen molar-refractivity contribution in [2.45, 2.75) is 32.9 Å². The lowest BCUT2D eigenvalue weighted by Crippen LogP contribution is -2.63. The van der Waals surface area contributed by atoms with E-state index in [9.17, 15) is 4.79 Å². The van der Waals surface area contributed by atoms with Crippen LogP contribution >= 0.6 is 0 Å². The van der Waals surface area contributed by atoms with Crippen LogP contribution in [0.2, 0.25) is 0 Å². The molecule has 0 aromatic carbocycles. The molecule has 13 heavy (non-hydrogen) atoms. The summed E-state index contributed by atoms with van der Waals surface area (Å²) in [7, 11) is 0. The van der Waals surface area contributed by atoms with E-state index >= 15 is 0 Å². The third-order valence-corrected chi connectivity index (χ3v) is 2.42. The number of carbonyl (C=O) groups excluding carboxylic acids is 1. The largest absolute Gasteiger partial charge is 0.338 e. The van der Waals surface area contributed by atoms with Crippen LogP contribution in [0.1, 0.15) is 20.8 Å². The molecule has 1 rings (SSSR count). The lowest BCUT2D eigenvalue weighted by Gasteiger charge is -2.40. The van der Waals surface area contributed by atoms with Gasteiger partial charge in [0.05, 0.1) is 6.04 Å². The molecule has 0 unspecified atom stereocenters. The molecule has 1 aliphatic rings. The fourth-order valence-electron chi connectivity index (χ4n) is 1.26. The molecule has 0 bridgehead atoms. The van der Waals surface area contributed by atoms with Crippen molar-refractivity contribution in [2.75, 3.05) is 13.1 Å². The molecule has 1 aliphatic heterocycles. The summed E-state index contributed by atoms with van der Waals surface area (Å²) < 4.78 is 0. The molecule has 1 amide bonds. The van der Waals surface area contributed by atoms with E-state index in [4.69, 9.17) is 11.5 Å². The maximum Gasteiger partial charge on any atom is 0.240 e. The van der Waals surface area contributed by atoms with Gasteiger partial charge in [-0.25, -0.2) is 0 Å². The van der Waals surface area contributed by atoms with Gasteiger partial charge in [0.25, 0.3) is 0 Å². The van der Waals surface area contributed by atoms with Crippen LogP contribution in [-0.2, 0) is 4.79 Å². The summed E-state index contributed by atoms with van der Waals surface area (Å²) in [6.07, 6.45) is 0. The maximum atomic E-state index is 11.7. The minimum atomic E-state index is -0.417. The van der Waals surface area contributed by atoms with Crippen LogP contribution in [0.15, 0.2) is 0 Å². The predicted octanol–water partition coefficient (Wildman–Crippen LogP) is -0.471. The van der Waals surface area contributed by atoms with E-state index < -0.39 is 6.04 Å². The molecule has 0 aromatic heterocycles. The van der Waals surface area contributed by atoms with Crippen molar-refractivity contribution < 1.29 is 4.79 Å². The van der Waals surface area contributed by atoms with Crippen LogP contribution in [0.3, 0.4) is 0 Å². The molecule has 0 aromatic rings. The van der Waals surface area contributed by atoms with Gasteiger partial charge in [0.15, 0.2) is 0 Å². The van der Waals surface area contributed by atoms with Gasteiger partial charge in [-0.15, -0.1) is 0 Å². The summed E-state index contributed by atoms with van der Waals surface area (Å²) in [6, 6.07) is -0.267. The summed E-state index contributed by atoms with van der Waals surface area (Å²) in [5, 5.41) is 0. The molecule has 1 heterocycles. The first kappa shape index (κ1) is 10.5. The van der Waals surface area contributed by atoms with Crippen LogP contribution in [-0.4, -0.2) is 36.0 Å². The van der Waals surface area contributed by atoms with Crippen molar-refractivity contribution >= 4 is 5.91 Å². The summed E-state index contributed by atoms with van der Waals surface area (Å²) in [4.78, 5) is 13.4. The first-order chi connectivity index (χ1) is 5.82. The Labute approximate surface area is 79.3 Å². The Morgan fingerprint density at radius 3 is 2.23 bits per heavy atom. The van der Waals surface area contributed by atoms with Gasteiger partial charge in [-0.05, 0) is 5.41 Å². The number of hydrogen-bond donors (Lipinski definition) is 2. The second kappa shape index (κ2) is 3.27. The first-order valence-corrected chi connectivity index (χ1v) is 4.62. The number of amides is 1. The molecule has 4 nitrogen and oxygen atoms in total. The molecule has 0 spiro atoms. The SMILES string of the molecule is CC(C)(C)[C@@H](N)C(=O)N1CC(N)C1. The quantitative estimate of drug-likeness (QED) is 0.580. The van der Waals surface area contributed by atoms with Gasteiger partial charge in [0.1, 0.15) is 0 Å². The average molecular weight is 185 g/mol. The van der Waals surface area contributed by atoms with Crippen LogP contribution in [0.4, 0.5) is 0 Å². The van der Waals surface area contributed by atoms with E-state index in [1.165, 1.54) is 0 Å². The minimum Gasteiger partial charge on any atom is -0.338 e. The van der Waals surface area contributed by atoms with Gasteiger partial charge >= 0.3 is 0 Å². The van der Waals surface area contributed by atoms with Gasteiger partial charge in [0.2, 0.25) is 5.91 Å². The molecule has 0 saturated carbocycles. The summed E-state index contributed by atoms with van der Waals surface area (Å²) in [6.45, 7) is 7.21. The third kappa shape index (κ3) is 2.19. The van der Waals surface area contributed by atoms with Gasteiger partial charge in [0, 0.05) is 19.1 Å². The van der Waals surface area contributed by atoms with Crippen molar-refractivity contribution in [2.24, 2.45) is 16.9 Å². The van der Waals surface area contributed by atoms with Crippen molar-refractivity contribution in [3.8, 4) is 0 Å². The second-order valence-corrected chi connectivity index (χ2v) is 4.85. The van der Waals surface area contributed by atoms with Crippen LogP contribution < -0.4 is 11.5 Å². The van der Waals surface area contributed by atoms with Crippen molar-refractivity contribution in [1.82, 2.24) is 4.90 Å². The average Bonchev–Trinajstić information content (AvgIpc) is 1.94. The monoisotopic (exact) mass is 185 g/mol. The van der Waals surface area contributed by atoms with Crippen molar-refractivity contribution in [3.63, 3.8) is 0 Å². The molecule has 0 radical (unpaired) electrons. The highest BCUT2D eigenvalue weighted by atomic mass is 16.2. The molecule has 1 atom stereocenters. The lowest BCUT2D eigenvalue weighted by atomic mass is 9.86. The molecule has 4 heteroatoms.